The summed E-state index contributed by atoms with van der Waals surface area (Å²) in [5, 5.41) is 22.5. The Morgan fingerprint density at radius 2 is 2.08 bits per heavy atom. The number of aromatic nitrogens is 2. The van der Waals surface area contributed by atoms with E-state index in [9.17, 15) is 14.7 Å². The molecule has 0 radical (unpaired) electrons. The second kappa shape index (κ2) is 7.37. The molecule has 2 heterocycles. The van der Waals surface area contributed by atoms with Gasteiger partial charge in [-0.15, -0.1) is 10.2 Å². The van der Waals surface area contributed by atoms with E-state index in [0.29, 0.717) is 11.7 Å². The molecular weight excluding hydrogens is 340 g/mol. The van der Waals surface area contributed by atoms with Crippen molar-refractivity contribution in [3.63, 3.8) is 0 Å². The molecule has 0 aromatic carbocycles. The fraction of sp³-hybridized carbons (Fsp3) is 0.765. The Hall–Kier alpha value is -1.54. The minimum atomic E-state index is -0.515. The first kappa shape index (κ1) is 18.3. The molecule has 138 valence electrons. The molecule has 0 bridgehead atoms. The van der Waals surface area contributed by atoms with Crippen molar-refractivity contribution in [2.45, 2.75) is 63.8 Å². The molecule has 8 heteroatoms. The van der Waals surface area contributed by atoms with E-state index >= 15 is 0 Å². The van der Waals surface area contributed by atoms with Crippen molar-refractivity contribution in [1.82, 2.24) is 15.5 Å². The predicted molar refractivity (Wildman–Crippen MR) is 95.5 cm³/mol. The van der Waals surface area contributed by atoms with Gasteiger partial charge < -0.3 is 10.4 Å². The molecule has 7 nitrogen and oxygen atoms in total. The Morgan fingerprint density at radius 1 is 1.36 bits per heavy atom. The second-order valence-electron chi connectivity index (χ2n) is 7.47. The third kappa shape index (κ3) is 3.84. The fourth-order valence-electron chi connectivity index (χ4n) is 3.55. The first-order chi connectivity index (χ1) is 11.9. The molecule has 25 heavy (non-hydrogen) atoms. The van der Waals surface area contributed by atoms with E-state index in [2.05, 4.69) is 15.5 Å². The van der Waals surface area contributed by atoms with E-state index in [0.717, 1.165) is 37.1 Å². The number of hydrogen-bond acceptors (Lipinski definition) is 6. The number of carbonyl (C=O) groups excluding carboxylic acids is 2. The maximum Gasteiger partial charge on any atom is 0.229 e. The smallest absolute Gasteiger partial charge is 0.229 e. The average Bonchev–Trinajstić information content (AvgIpc) is 3.22. The molecule has 2 aliphatic rings. The lowest BCUT2D eigenvalue weighted by Crippen LogP contribution is -2.54. The summed E-state index contributed by atoms with van der Waals surface area (Å²) in [7, 11) is 0. The maximum atomic E-state index is 12.7. The van der Waals surface area contributed by atoms with Crippen molar-refractivity contribution in [3.8, 4) is 0 Å². The summed E-state index contributed by atoms with van der Waals surface area (Å²) >= 11 is 1.41. The van der Waals surface area contributed by atoms with Crippen LogP contribution in [0.1, 0.15) is 63.3 Å². The van der Waals surface area contributed by atoms with E-state index in [-0.39, 0.29) is 30.8 Å². The zero-order valence-corrected chi connectivity index (χ0v) is 15.6. The number of aliphatic hydroxyl groups excluding tert-OH is 1. The van der Waals surface area contributed by atoms with Gasteiger partial charge in [0.2, 0.25) is 16.9 Å². The molecule has 2 amide bonds. The third-order valence-corrected chi connectivity index (χ3v) is 6.40. The Morgan fingerprint density at radius 3 is 2.68 bits per heavy atom. The standard InChI is InChI=1S/C17H26N4O3S/c1-11(2)15-19-20-16(25-15)21-9-12(8-13(21)23)14(24)18-17(10-22)6-4-3-5-7-17/h11-12,22H,3-10H2,1-2H3,(H,18,24). The molecule has 2 N–H and O–H groups in total. The largest absolute Gasteiger partial charge is 0.394 e. The number of aliphatic hydroxyl groups is 1. The second-order valence-corrected chi connectivity index (χ2v) is 8.46. The number of carbonyl (C=O) groups is 2. The molecule has 2 fully saturated rings. The van der Waals surface area contributed by atoms with Crippen LogP contribution in [0.5, 0.6) is 0 Å². The SMILES string of the molecule is CC(C)c1nnc(N2CC(C(=O)NC3(CO)CCCCC3)CC2=O)s1. The first-order valence-electron chi connectivity index (χ1n) is 9.01. The Labute approximate surface area is 151 Å². The van der Waals surface area contributed by atoms with Crippen LogP contribution in [0, 0.1) is 5.92 Å². The van der Waals surface area contributed by atoms with Crippen molar-refractivity contribution in [1.29, 1.82) is 0 Å². The van der Waals surface area contributed by atoms with Crippen LogP contribution in [0.2, 0.25) is 0 Å². The maximum absolute atomic E-state index is 12.7. The fourth-order valence-corrected chi connectivity index (χ4v) is 4.42. The third-order valence-electron chi connectivity index (χ3n) is 5.15. The lowest BCUT2D eigenvalue weighted by molar-refractivity contribution is -0.129. The number of hydrogen-bond donors (Lipinski definition) is 2. The van der Waals surface area contributed by atoms with Crippen molar-refractivity contribution in [2.75, 3.05) is 18.1 Å². The molecule has 1 aromatic heterocycles. The van der Waals surface area contributed by atoms with Crippen LogP contribution in [-0.4, -0.2) is 45.8 Å². The molecule has 3 rings (SSSR count). The molecule has 1 saturated heterocycles. The number of nitrogens with zero attached hydrogens (tertiary/aromatic N) is 3. The minimum Gasteiger partial charge on any atom is -0.394 e. The molecular formula is C17H26N4O3S. The molecule has 0 spiro atoms. The van der Waals surface area contributed by atoms with Gasteiger partial charge in [-0.3, -0.25) is 14.5 Å². The molecule has 1 unspecified atom stereocenters. The highest BCUT2D eigenvalue weighted by atomic mass is 32.1. The van der Waals surface area contributed by atoms with Crippen LogP contribution in [0.15, 0.2) is 0 Å². The van der Waals surface area contributed by atoms with Gasteiger partial charge in [0.15, 0.2) is 0 Å². The van der Waals surface area contributed by atoms with Crippen LogP contribution < -0.4 is 10.2 Å². The summed E-state index contributed by atoms with van der Waals surface area (Å²) in [5.41, 5.74) is -0.515. The summed E-state index contributed by atoms with van der Waals surface area (Å²) in [6.07, 6.45) is 4.95. The minimum absolute atomic E-state index is 0.0444. The molecule has 1 atom stereocenters. The van der Waals surface area contributed by atoms with Gasteiger partial charge in [0.1, 0.15) is 5.01 Å². The molecule has 1 aromatic rings. The van der Waals surface area contributed by atoms with Gasteiger partial charge in [0, 0.05) is 18.9 Å². The molecule has 1 saturated carbocycles. The van der Waals surface area contributed by atoms with Crippen molar-refractivity contribution in [2.24, 2.45) is 5.92 Å². The Bertz CT molecular complexity index is 640. The highest BCUT2D eigenvalue weighted by molar-refractivity contribution is 7.15. The van der Waals surface area contributed by atoms with Gasteiger partial charge in [-0.2, -0.15) is 0 Å². The van der Waals surface area contributed by atoms with Crippen LogP contribution in [-0.2, 0) is 9.59 Å². The summed E-state index contributed by atoms with van der Waals surface area (Å²) in [6, 6.07) is 0. The first-order valence-corrected chi connectivity index (χ1v) is 9.82. The zero-order valence-electron chi connectivity index (χ0n) is 14.8. The van der Waals surface area contributed by atoms with Crippen molar-refractivity contribution >= 4 is 28.3 Å². The van der Waals surface area contributed by atoms with E-state index < -0.39 is 11.5 Å². The number of amides is 2. The van der Waals surface area contributed by atoms with E-state index in [1.54, 1.807) is 4.90 Å². The van der Waals surface area contributed by atoms with Gasteiger partial charge in [0.05, 0.1) is 18.1 Å². The van der Waals surface area contributed by atoms with E-state index in [1.165, 1.54) is 11.3 Å². The van der Waals surface area contributed by atoms with Gasteiger partial charge in [0.25, 0.3) is 0 Å². The Kier molecular flexibility index (Phi) is 5.38. The quantitative estimate of drug-likeness (QED) is 0.829. The highest BCUT2D eigenvalue weighted by Crippen LogP contribution is 2.32. The van der Waals surface area contributed by atoms with Gasteiger partial charge in [-0.25, -0.2) is 0 Å². The van der Waals surface area contributed by atoms with Gasteiger partial charge in [-0.05, 0) is 12.8 Å². The van der Waals surface area contributed by atoms with E-state index in [4.69, 9.17) is 0 Å². The monoisotopic (exact) mass is 366 g/mol. The lowest BCUT2D eigenvalue weighted by Gasteiger charge is -2.37. The van der Waals surface area contributed by atoms with Gasteiger partial charge >= 0.3 is 0 Å². The zero-order chi connectivity index (χ0) is 18.0. The van der Waals surface area contributed by atoms with Crippen LogP contribution >= 0.6 is 11.3 Å². The summed E-state index contributed by atoms with van der Waals surface area (Å²) in [6.45, 7) is 4.35. The number of nitrogens with one attached hydrogen (secondary N) is 1. The lowest BCUT2D eigenvalue weighted by atomic mass is 9.82. The highest BCUT2D eigenvalue weighted by Gasteiger charge is 2.40. The predicted octanol–water partition coefficient (Wildman–Crippen LogP) is 1.83. The summed E-state index contributed by atoms with van der Waals surface area (Å²) in [5.74, 6) is -0.364. The van der Waals surface area contributed by atoms with Crippen LogP contribution in [0.4, 0.5) is 5.13 Å². The van der Waals surface area contributed by atoms with Crippen LogP contribution in [0.25, 0.3) is 0 Å². The Balaban J connectivity index is 1.65. The molecule has 1 aliphatic heterocycles. The van der Waals surface area contributed by atoms with Crippen LogP contribution in [0.3, 0.4) is 0 Å². The van der Waals surface area contributed by atoms with Crippen molar-refractivity contribution < 1.29 is 14.7 Å². The average molecular weight is 366 g/mol. The summed E-state index contributed by atoms with van der Waals surface area (Å²) < 4.78 is 0. The number of anilines is 1. The topological polar surface area (TPSA) is 95.4 Å². The normalized spacial score (nSPS) is 23.3. The summed E-state index contributed by atoms with van der Waals surface area (Å²) in [4.78, 5) is 26.6. The van der Waals surface area contributed by atoms with E-state index in [1.807, 2.05) is 13.8 Å². The van der Waals surface area contributed by atoms with Gasteiger partial charge in [-0.1, -0.05) is 44.4 Å². The molecule has 1 aliphatic carbocycles. The van der Waals surface area contributed by atoms with Crippen molar-refractivity contribution in [3.05, 3.63) is 5.01 Å². The number of rotatable bonds is 5.